The first-order valence-corrected chi connectivity index (χ1v) is 7.33. The summed E-state index contributed by atoms with van der Waals surface area (Å²) in [6, 6.07) is 2.75. The molecule has 1 saturated carbocycles. The Balaban J connectivity index is 2.20. The van der Waals surface area contributed by atoms with Crippen molar-refractivity contribution in [2.45, 2.75) is 31.7 Å². The number of hydrogen-bond acceptors (Lipinski definition) is 3. The molecule has 1 N–H and O–H groups in total. The Morgan fingerprint density at radius 3 is 2.75 bits per heavy atom. The van der Waals surface area contributed by atoms with Crippen molar-refractivity contribution >= 4 is 32.8 Å². The van der Waals surface area contributed by atoms with E-state index in [4.69, 9.17) is 0 Å². The standard InChI is InChI=1S/C14H15BrFN3O/c1-14(6-3-7-14)18-13-17-11-8(12(20)19(13)2)4-5-9(16)10(11)15/h4-5H,3,6-7H2,1-2H3,(H,17,18). The van der Waals surface area contributed by atoms with Crippen LogP contribution in [0.25, 0.3) is 10.9 Å². The molecule has 2 aromatic rings. The second-order valence-corrected chi connectivity index (χ2v) is 6.39. The highest BCUT2D eigenvalue weighted by molar-refractivity contribution is 9.10. The van der Waals surface area contributed by atoms with Crippen molar-refractivity contribution in [3.8, 4) is 0 Å². The van der Waals surface area contributed by atoms with Gasteiger partial charge in [0.25, 0.3) is 5.56 Å². The zero-order valence-electron chi connectivity index (χ0n) is 11.3. The van der Waals surface area contributed by atoms with Gasteiger partial charge in [0.1, 0.15) is 5.82 Å². The maximum atomic E-state index is 13.6. The molecule has 6 heteroatoms. The minimum Gasteiger partial charge on any atom is -0.350 e. The van der Waals surface area contributed by atoms with E-state index in [1.165, 1.54) is 23.1 Å². The summed E-state index contributed by atoms with van der Waals surface area (Å²) < 4.78 is 15.3. The van der Waals surface area contributed by atoms with Crippen LogP contribution < -0.4 is 10.9 Å². The summed E-state index contributed by atoms with van der Waals surface area (Å²) in [7, 11) is 1.68. The van der Waals surface area contributed by atoms with Crippen molar-refractivity contribution in [3.05, 3.63) is 32.8 Å². The smallest absolute Gasteiger partial charge is 0.262 e. The Bertz CT molecular complexity index is 752. The molecular formula is C14H15BrFN3O. The molecule has 1 heterocycles. The van der Waals surface area contributed by atoms with Gasteiger partial charge in [0, 0.05) is 12.6 Å². The quantitative estimate of drug-likeness (QED) is 0.913. The highest BCUT2D eigenvalue weighted by atomic mass is 79.9. The predicted molar refractivity (Wildman–Crippen MR) is 80.5 cm³/mol. The van der Waals surface area contributed by atoms with Gasteiger partial charge in [0.2, 0.25) is 5.95 Å². The van der Waals surface area contributed by atoms with E-state index in [0.29, 0.717) is 16.9 Å². The van der Waals surface area contributed by atoms with Crippen molar-refractivity contribution in [1.82, 2.24) is 9.55 Å². The van der Waals surface area contributed by atoms with E-state index in [-0.39, 0.29) is 15.6 Å². The summed E-state index contributed by atoms with van der Waals surface area (Å²) in [5.41, 5.74) is 0.157. The van der Waals surface area contributed by atoms with Crippen molar-refractivity contribution in [3.63, 3.8) is 0 Å². The molecule has 0 saturated heterocycles. The third kappa shape index (κ3) is 2.02. The lowest BCUT2D eigenvalue weighted by molar-refractivity contribution is 0.303. The average molecular weight is 340 g/mol. The molecule has 0 unspecified atom stereocenters. The summed E-state index contributed by atoms with van der Waals surface area (Å²) in [6.45, 7) is 2.10. The summed E-state index contributed by atoms with van der Waals surface area (Å²) in [6.07, 6.45) is 3.26. The lowest BCUT2D eigenvalue weighted by atomic mass is 9.79. The molecule has 0 spiro atoms. The number of anilines is 1. The van der Waals surface area contributed by atoms with Gasteiger partial charge in [0.05, 0.1) is 15.4 Å². The lowest BCUT2D eigenvalue weighted by Crippen LogP contribution is -2.43. The Labute approximate surface area is 124 Å². The van der Waals surface area contributed by atoms with Crippen LogP contribution in [0.5, 0.6) is 0 Å². The largest absolute Gasteiger partial charge is 0.350 e. The predicted octanol–water partition coefficient (Wildman–Crippen LogP) is 3.19. The Morgan fingerprint density at radius 2 is 2.15 bits per heavy atom. The topological polar surface area (TPSA) is 46.9 Å². The molecule has 0 aliphatic heterocycles. The first-order valence-electron chi connectivity index (χ1n) is 6.54. The van der Waals surface area contributed by atoms with Gasteiger partial charge in [-0.25, -0.2) is 9.37 Å². The van der Waals surface area contributed by atoms with Crippen molar-refractivity contribution in [1.29, 1.82) is 0 Å². The van der Waals surface area contributed by atoms with Crippen LogP contribution in [0.1, 0.15) is 26.2 Å². The van der Waals surface area contributed by atoms with Gasteiger partial charge >= 0.3 is 0 Å². The Hall–Kier alpha value is -1.43. The number of hydrogen-bond donors (Lipinski definition) is 1. The number of benzene rings is 1. The van der Waals surface area contributed by atoms with Gasteiger partial charge < -0.3 is 5.32 Å². The monoisotopic (exact) mass is 339 g/mol. The fourth-order valence-electron chi connectivity index (χ4n) is 2.49. The van der Waals surface area contributed by atoms with Gasteiger partial charge in [-0.2, -0.15) is 0 Å². The number of fused-ring (bicyclic) bond motifs is 1. The maximum absolute atomic E-state index is 13.6. The fourth-order valence-corrected chi connectivity index (χ4v) is 2.93. The summed E-state index contributed by atoms with van der Waals surface area (Å²) >= 11 is 3.17. The lowest BCUT2D eigenvalue weighted by Gasteiger charge is -2.39. The van der Waals surface area contributed by atoms with E-state index < -0.39 is 5.82 Å². The SMILES string of the molecule is Cn1c(NC2(C)CCC2)nc2c(Br)c(F)ccc2c1=O. The number of aromatic nitrogens is 2. The molecule has 1 aliphatic carbocycles. The number of halogens is 2. The van der Waals surface area contributed by atoms with Crippen LogP contribution in [0.2, 0.25) is 0 Å². The average Bonchev–Trinajstić information content (AvgIpc) is 2.38. The molecule has 20 heavy (non-hydrogen) atoms. The molecule has 4 nitrogen and oxygen atoms in total. The zero-order valence-corrected chi connectivity index (χ0v) is 12.9. The number of nitrogens with zero attached hydrogens (tertiary/aromatic N) is 2. The molecule has 0 radical (unpaired) electrons. The normalized spacial score (nSPS) is 17.0. The Morgan fingerprint density at radius 1 is 1.45 bits per heavy atom. The molecule has 0 atom stereocenters. The van der Waals surface area contributed by atoms with E-state index >= 15 is 0 Å². The first-order chi connectivity index (χ1) is 9.41. The second-order valence-electron chi connectivity index (χ2n) is 5.60. The summed E-state index contributed by atoms with van der Waals surface area (Å²) in [5.74, 6) is 0.0649. The molecular weight excluding hydrogens is 325 g/mol. The summed E-state index contributed by atoms with van der Waals surface area (Å²) in [4.78, 5) is 16.8. The minimum absolute atomic E-state index is 0.0231. The first kappa shape index (κ1) is 13.5. The maximum Gasteiger partial charge on any atom is 0.262 e. The Kier molecular flexibility index (Phi) is 3.08. The van der Waals surface area contributed by atoms with Crippen molar-refractivity contribution < 1.29 is 4.39 Å². The van der Waals surface area contributed by atoms with E-state index in [1.807, 2.05) is 0 Å². The van der Waals surface area contributed by atoms with Crippen LogP contribution >= 0.6 is 15.9 Å². The molecule has 3 rings (SSSR count). The van der Waals surface area contributed by atoms with Gasteiger partial charge in [-0.15, -0.1) is 0 Å². The second kappa shape index (κ2) is 4.55. The van der Waals surface area contributed by atoms with E-state index in [1.54, 1.807) is 7.05 Å². The van der Waals surface area contributed by atoms with Crippen LogP contribution in [-0.4, -0.2) is 15.1 Å². The summed E-state index contributed by atoms with van der Waals surface area (Å²) in [5, 5.41) is 3.72. The van der Waals surface area contributed by atoms with Crippen LogP contribution in [-0.2, 0) is 7.05 Å². The van der Waals surface area contributed by atoms with Gasteiger partial charge in [-0.05, 0) is 54.2 Å². The van der Waals surface area contributed by atoms with Crippen molar-refractivity contribution in [2.75, 3.05) is 5.32 Å². The van der Waals surface area contributed by atoms with Crippen LogP contribution in [0, 0.1) is 5.82 Å². The molecule has 1 fully saturated rings. The van der Waals surface area contributed by atoms with Crippen LogP contribution in [0.15, 0.2) is 21.4 Å². The zero-order chi connectivity index (χ0) is 14.5. The van der Waals surface area contributed by atoms with Crippen LogP contribution in [0.3, 0.4) is 0 Å². The third-order valence-electron chi connectivity index (χ3n) is 4.01. The van der Waals surface area contributed by atoms with Gasteiger partial charge in [-0.3, -0.25) is 9.36 Å². The van der Waals surface area contributed by atoms with Crippen molar-refractivity contribution in [2.24, 2.45) is 7.05 Å². The highest BCUT2D eigenvalue weighted by Gasteiger charge is 2.32. The molecule has 0 bridgehead atoms. The van der Waals surface area contributed by atoms with Gasteiger partial charge in [-0.1, -0.05) is 0 Å². The molecule has 1 aromatic carbocycles. The van der Waals surface area contributed by atoms with E-state index in [0.717, 1.165) is 12.8 Å². The molecule has 106 valence electrons. The van der Waals surface area contributed by atoms with E-state index in [2.05, 4.69) is 33.2 Å². The minimum atomic E-state index is -0.418. The highest BCUT2D eigenvalue weighted by Crippen LogP contribution is 2.34. The number of nitrogens with one attached hydrogen (secondary N) is 1. The number of rotatable bonds is 2. The molecule has 1 aromatic heterocycles. The fraction of sp³-hybridized carbons (Fsp3) is 0.429. The molecule has 0 amide bonds. The molecule has 1 aliphatic rings. The van der Waals surface area contributed by atoms with Gasteiger partial charge in [0.15, 0.2) is 0 Å². The van der Waals surface area contributed by atoms with E-state index in [9.17, 15) is 9.18 Å². The van der Waals surface area contributed by atoms with Crippen LogP contribution in [0.4, 0.5) is 10.3 Å². The third-order valence-corrected chi connectivity index (χ3v) is 4.76.